The molecule has 0 heterocycles. The molecule has 0 radical (unpaired) electrons. The van der Waals surface area contributed by atoms with E-state index < -0.39 is 4.92 Å². The Balaban J connectivity index is 2.59. The number of nitro benzene ring substituents is 1. The first-order valence-corrected chi connectivity index (χ1v) is 7.28. The zero-order valence-corrected chi connectivity index (χ0v) is 12.8. The maximum Gasteiger partial charge on any atom is 0.311 e. The van der Waals surface area contributed by atoms with Crippen LogP contribution >= 0.6 is 0 Å². The quantitative estimate of drug-likeness (QED) is 0.386. The normalized spacial score (nSPS) is 10.6. The molecule has 0 unspecified atom stereocenters. The van der Waals surface area contributed by atoms with Crippen LogP contribution < -0.4 is 10.1 Å². The van der Waals surface area contributed by atoms with Gasteiger partial charge in [0.2, 0.25) is 0 Å². The molecule has 0 spiro atoms. The summed E-state index contributed by atoms with van der Waals surface area (Å²) in [7, 11) is 1.65. The van der Waals surface area contributed by atoms with Crippen molar-refractivity contribution in [2.45, 2.75) is 32.7 Å². The van der Waals surface area contributed by atoms with Gasteiger partial charge in [-0.3, -0.25) is 10.1 Å². The van der Waals surface area contributed by atoms with E-state index in [9.17, 15) is 10.1 Å². The maximum atomic E-state index is 11.1. The van der Waals surface area contributed by atoms with E-state index in [4.69, 9.17) is 9.47 Å². The fourth-order valence-electron chi connectivity index (χ4n) is 1.88. The van der Waals surface area contributed by atoms with Gasteiger partial charge in [-0.1, -0.05) is 13.0 Å². The standard InChI is InChI=1S/C15H24N2O4/c1-3-8-16-12-13-6-7-15(14(11-13)17(18)19)21-10-5-4-9-20-2/h6-7,11,16H,3-5,8-10,12H2,1-2H3. The summed E-state index contributed by atoms with van der Waals surface area (Å²) in [6, 6.07) is 5.12. The van der Waals surface area contributed by atoms with Gasteiger partial charge < -0.3 is 14.8 Å². The lowest BCUT2D eigenvalue weighted by atomic mass is 10.2. The highest BCUT2D eigenvalue weighted by Gasteiger charge is 2.15. The maximum absolute atomic E-state index is 11.1. The number of rotatable bonds is 11. The molecule has 0 aliphatic heterocycles. The van der Waals surface area contributed by atoms with Gasteiger partial charge in [0.25, 0.3) is 0 Å². The van der Waals surface area contributed by atoms with Gasteiger partial charge in [-0.05, 0) is 37.4 Å². The Bertz CT molecular complexity index is 438. The molecule has 0 aromatic heterocycles. The summed E-state index contributed by atoms with van der Waals surface area (Å²) in [5.41, 5.74) is 0.916. The first-order valence-electron chi connectivity index (χ1n) is 7.28. The predicted molar refractivity (Wildman–Crippen MR) is 81.7 cm³/mol. The lowest BCUT2D eigenvalue weighted by Gasteiger charge is -2.09. The van der Waals surface area contributed by atoms with Crippen molar-refractivity contribution in [3.05, 3.63) is 33.9 Å². The van der Waals surface area contributed by atoms with Crippen LogP contribution in [0.1, 0.15) is 31.7 Å². The number of nitro groups is 1. The van der Waals surface area contributed by atoms with Crippen LogP contribution in [0.2, 0.25) is 0 Å². The third kappa shape index (κ3) is 6.55. The smallest absolute Gasteiger partial charge is 0.311 e. The zero-order chi connectivity index (χ0) is 15.5. The van der Waals surface area contributed by atoms with Gasteiger partial charge in [0.1, 0.15) is 0 Å². The zero-order valence-electron chi connectivity index (χ0n) is 12.8. The van der Waals surface area contributed by atoms with Crippen LogP contribution in [0.15, 0.2) is 18.2 Å². The Morgan fingerprint density at radius 1 is 1.29 bits per heavy atom. The molecule has 21 heavy (non-hydrogen) atoms. The van der Waals surface area contributed by atoms with Crippen molar-refractivity contribution in [2.24, 2.45) is 0 Å². The largest absolute Gasteiger partial charge is 0.487 e. The highest BCUT2D eigenvalue weighted by atomic mass is 16.6. The fourth-order valence-corrected chi connectivity index (χ4v) is 1.88. The SMILES string of the molecule is CCCNCc1ccc(OCCCCOC)c([N+](=O)[O-])c1. The van der Waals surface area contributed by atoms with E-state index in [1.54, 1.807) is 19.2 Å². The van der Waals surface area contributed by atoms with Crippen LogP contribution in [-0.4, -0.2) is 31.8 Å². The molecule has 0 bridgehead atoms. The summed E-state index contributed by atoms with van der Waals surface area (Å²) in [6.45, 7) is 4.73. The summed E-state index contributed by atoms with van der Waals surface area (Å²) in [6.07, 6.45) is 2.72. The number of ether oxygens (including phenoxy) is 2. The van der Waals surface area contributed by atoms with Crippen molar-refractivity contribution in [3.8, 4) is 5.75 Å². The Kier molecular flexibility index (Phi) is 8.38. The van der Waals surface area contributed by atoms with Crippen molar-refractivity contribution in [1.29, 1.82) is 0 Å². The molecule has 0 saturated carbocycles. The van der Waals surface area contributed by atoms with Gasteiger partial charge in [-0.25, -0.2) is 0 Å². The number of unbranched alkanes of at least 4 members (excludes halogenated alkanes) is 1. The molecule has 1 aromatic rings. The van der Waals surface area contributed by atoms with Crippen molar-refractivity contribution in [1.82, 2.24) is 5.32 Å². The fraction of sp³-hybridized carbons (Fsp3) is 0.600. The highest BCUT2D eigenvalue weighted by molar-refractivity contribution is 5.48. The van der Waals surface area contributed by atoms with E-state index in [0.29, 0.717) is 25.5 Å². The molecule has 1 aromatic carbocycles. The summed E-state index contributed by atoms with van der Waals surface area (Å²) >= 11 is 0. The molecule has 118 valence electrons. The van der Waals surface area contributed by atoms with E-state index in [0.717, 1.165) is 31.4 Å². The number of nitrogens with one attached hydrogen (secondary N) is 1. The van der Waals surface area contributed by atoms with Crippen molar-refractivity contribution in [3.63, 3.8) is 0 Å². The van der Waals surface area contributed by atoms with Crippen LogP contribution in [0.5, 0.6) is 5.75 Å². The molecule has 1 N–H and O–H groups in total. The van der Waals surface area contributed by atoms with Gasteiger partial charge in [0.05, 0.1) is 11.5 Å². The Morgan fingerprint density at radius 2 is 2.05 bits per heavy atom. The molecule has 6 heteroatoms. The van der Waals surface area contributed by atoms with E-state index in [1.165, 1.54) is 0 Å². The molecular weight excluding hydrogens is 272 g/mol. The first-order chi connectivity index (χ1) is 10.2. The average Bonchev–Trinajstić information content (AvgIpc) is 2.48. The monoisotopic (exact) mass is 296 g/mol. The molecule has 0 aliphatic rings. The second-order valence-electron chi connectivity index (χ2n) is 4.78. The van der Waals surface area contributed by atoms with Crippen LogP contribution in [0, 0.1) is 10.1 Å². The van der Waals surface area contributed by atoms with Crippen LogP contribution in [-0.2, 0) is 11.3 Å². The van der Waals surface area contributed by atoms with E-state index in [-0.39, 0.29) is 5.69 Å². The second-order valence-corrected chi connectivity index (χ2v) is 4.78. The molecule has 0 saturated heterocycles. The third-order valence-corrected chi connectivity index (χ3v) is 2.98. The molecule has 0 amide bonds. The average molecular weight is 296 g/mol. The summed E-state index contributed by atoms with van der Waals surface area (Å²) < 4.78 is 10.5. The topological polar surface area (TPSA) is 73.6 Å². The second kappa shape index (κ2) is 10.1. The number of hydrogen-bond donors (Lipinski definition) is 1. The van der Waals surface area contributed by atoms with E-state index in [1.807, 2.05) is 6.07 Å². The summed E-state index contributed by atoms with van der Waals surface area (Å²) in [4.78, 5) is 10.7. The van der Waals surface area contributed by atoms with Crippen LogP contribution in [0.3, 0.4) is 0 Å². The Morgan fingerprint density at radius 3 is 2.71 bits per heavy atom. The third-order valence-electron chi connectivity index (χ3n) is 2.98. The van der Waals surface area contributed by atoms with Crippen molar-refractivity contribution < 1.29 is 14.4 Å². The molecule has 0 atom stereocenters. The molecule has 0 fully saturated rings. The Labute approximate surface area is 125 Å². The molecule has 0 aliphatic carbocycles. The first kappa shape index (κ1) is 17.4. The lowest BCUT2D eigenvalue weighted by Crippen LogP contribution is -2.14. The van der Waals surface area contributed by atoms with E-state index >= 15 is 0 Å². The van der Waals surface area contributed by atoms with Gasteiger partial charge >= 0.3 is 5.69 Å². The van der Waals surface area contributed by atoms with E-state index in [2.05, 4.69) is 12.2 Å². The molecule has 6 nitrogen and oxygen atoms in total. The predicted octanol–water partition coefficient (Wildman–Crippen LogP) is 2.90. The van der Waals surface area contributed by atoms with Gasteiger partial charge in [-0.15, -0.1) is 0 Å². The number of methoxy groups -OCH3 is 1. The summed E-state index contributed by atoms with van der Waals surface area (Å²) in [5.74, 6) is 0.330. The van der Waals surface area contributed by atoms with Crippen LogP contribution in [0.4, 0.5) is 5.69 Å². The van der Waals surface area contributed by atoms with Gasteiger partial charge in [0.15, 0.2) is 5.75 Å². The van der Waals surface area contributed by atoms with Gasteiger partial charge in [-0.2, -0.15) is 0 Å². The molecule has 1 rings (SSSR count). The van der Waals surface area contributed by atoms with Crippen molar-refractivity contribution in [2.75, 3.05) is 26.9 Å². The summed E-state index contributed by atoms with van der Waals surface area (Å²) in [5, 5.41) is 14.4. The number of benzene rings is 1. The lowest BCUT2D eigenvalue weighted by molar-refractivity contribution is -0.385. The number of hydrogen-bond acceptors (Lipinski definition) is 5. The van der Waals surface area contributed by atoms with Crippen molar-refractivity contribution >= 4 is 5.69 Å². The minimum absolute atomic E-state index is 0.0255. The minimum Gasteiger partial charge on any atom is -0.487 e. The number of nitrogens with zero attached hydrogens (tertiary/aromatic N) is 1. The Hall–Kier alpha value is -1.66. The van der Waals surface area contributed by atoms with Crippen LogP contribution in [0.25, 0.3) is 0 Å². The highest BCUT2D eigenvalue weighted by Crippen LogP contribution is 2.28. The molecular formula is C15H24N2O4. The van der Waals surface area contributed by atoms with Gasteiger partial charge in [0, 0.05) is 26.3 Å². The minimum atomic E-state index is -0.395.